The molecule has 0 saturated carbocycles. The van der Waals surface area contributed by atoms with Crippen molar-refractivity contribution in [2.45, 2.75) is 34.2 Å². The topological polar surface area (TPSA) is 79.6 Å². The summed E-state index contributed by atoms with van der Waals surface area (Å²) in [5.74, 6) is 0.571. The maximum atomic E-state index is 13.3. The molecule has 0 unspecified atom stereocenters. The van der Waals surface area contributed by atoms with E-state index in [2.05, 4.69) is 13.8 Å². The molecule has 0 N–H and O–H groups in total. The first-order chi connectivity index (χ1) is 15.8. The van der Waals surface area contributed by atoms with Gasteiger partial charge in [-0.1, -0.05) is 50.2 Å². The maximum Gasteiger partial charge on any atom is 0.271 e. The van der Waals surface area contributed by atoms with Crippen LogP contribution in [0.25, 0.3) is 6.08 Å². The predicted octanol–water partition coefficient (Wildman–Crippen LogP) is 4.91. The molecular weight excluding hydrogens is 416 g/mol. The molecule has 2 aromatic rings. The van der Waals surface area contributed by atoms with Crippen LogP contribution in [0, 0.1) is 17.2 Å². The Morgan fingerprint density at radius 1 is 1.03 bits per heavy atom. The molecule has 0 radical (unpaired) electrons. The highest BCUT2D eigenvalue weighted by molar-refractivity contribution is 6.19. The van der Waals surface area contributed by atoms with Crippen molar-refractivity contribution in [3.63, 3.8) is 0 Å². The molecule has 0 bridgehead atoms. The Labute approximate surface area is 194 Å². The van der Waals surface area contributed by atoms with Crippen molar-refractivity contribution in [3.05, 3.63) is 76.4 Å². The molecule has 1 aliphatic heterocycles. The molecule has 0 spiro atoms. The van der Waals surface area contributed by atoms with Gasteiger partial charge in [-0.2, -0.15) is 5.26 Å². The van der Waals surface area contributed by atoms with Gasteiger partial charge in [0, 0.05) is 5.57 Å². The summed E-state index contributed by atoms with van der Waals surface area (Å²) in [6.07, 6.45) is 1.69. The number of carbonyl (C=O) groups excluding carboxylic acids is 2. The van der Waals surface area contributed by atoms with Crippen molar-refractivity contribution in [3.8, 4) is 17.6 Å². The fourth-order valence-corrected chi connectivity index (χ4v) is 3.46. The highest BCUT2D eigenvalue weighted by Gasteiger charge is 2.35. The van der Waals surface area contributed by atoms with E-state index in [-0.39, 0.29) is 12.1 Å². The molecule has 0 aromatic heterocycles. The Balaban J connectivity index is 2.00. The minimum Gasteiger partial charge on any atom is -0.490 e. The van der Waals surface area contributed by atoms with Crippen molar-refractivity contribution in [1.82, 2.24) is 4.90 Å². The summed E-state index contributed by atoms with van der Waals surface area (Å²) in [5.41, 5.74) is 2.17. The van der Waals surface area contributed by atoms with Crippen LogP contribution in [-0.2, 0) is 16.1 Å². The van der Waals surface area contributed by atoms with Crippen molar-refractivity contribution in [1.29, 1.82) is 5.26 Å². The van der Waals surface area contributed by atoms with Gasteiger partial charge in [-0.15, -0.1) is 0 Å². The van der Waals surface area contributed by atoms with E-state index in [0.717, 1.165) is 10.5 Å². The van der Waals surface area contributed by atoms with E-state index < -0.39 is 11.8 Å². The molecule has 1 aliphatic rings. The van der Waals surface area contributed by atoms with Gasteiger partial charge in [-0.25, -0.2) is 0 Å². The van der Waals surface area contributed by atoms with Gasteiger partial charge in [0.15, 0.2) is 11.5 Å². The largest absolute Gasteiger partial charge is 0.490 e. The molecule has 0 saturated heterocycles. The maximum absolute atomic E-state index is 13.3. The fraction of sp³-hybridized carbons (Fsp3) is 0.296. The number of hydrogen-bond donors (Lipinski definition) is 0. The van der Waals surface area contributed by atoms with Gasteiger partial charge in [-0.05, 0) is 54.7 Å². The van der Waals surface area contributed by atoms with Crippen LogP contribution in [0.5, 0.6) is 11.5 Å². The SMILES string of the molecule is CCOc1cc(/C=C2/C(=O)N(Cc3ccccc3)C(=O)C(C#N)=C2C)ccc1OCC(C)C. The first kappa shape index (κ1) is 23.8. The summed E-state index contributed by atoms with van der Waals surface area (Å²) < 4.78 is 11.6. The smallest absolute Gasteiger partial charge is 0.271 e. The van der Waals surface area contributed by atoms with Crippen molar-refractivity contribution >= 4 is 17.9 Å². The molecule has 0 aliphatic carbocycles. The highest BCUT2D eigenvalue weighted by atomic mass is 16.5. The Bertz CT molecular complexity index is 1140. The van der Waals surface area contributed by atoms with Gasteiger partial charge in [0.05, 0.1) is 19.8 Å². The van der Waals surface area contributed by atoms with Crippen LogP contribution in [0.1, 0.15) is 38.8 Å². The molecule has 170 valence electrons. The lowest BCUT2D eigenvalue weighted by atomic mass is 9.93. The minimum absolute atomic E-state index is 0.0290. The van der Waals surface area contributed by atoms with Crippen LogP contribution in [0.2, 0.25) is 0 Å². The third-order valence-corrected chi connectivity index (χ3v) is 5.16. The lowest BCUT2D eigenvalue weighted by molar-refractivity contribution is -0.141. The normalized spacial score (nSPS) is 15.3. The van der Waals surface area contributed by atoms with Crippen LogP contribution in [0.3, 0.4) is 0 Å². The number of nitrogens with zero attached hydrogens (tertiary/aromatic N) is 2. The zero-order chi connectivity index (χ0) is 24.0. The summed E-state index contributed by atoms with van der Waals surface area (Å²) >= 11 is 0. The predicted molar refractivity (Wildman–Crippen MR) is 126 cm³/mol. The molecule has 0 fully saturated rings. The molecule has 3 rings (SSSR count). The van der Waals surface area contributed by atoms with Crippen LogP contribution in [0.15, 0.2) is 65.3 Å². The number of benzene rings is 2. The molecule has 1 heterocycles. The molecule has 6 heteroatoms. The lowest BCUT2D eigenvalue weighted by Gasteiger charge is -2.27. The Morgan fingerprint density at radius 3 is 2.39 bits per heavy atom. The molecule has 2 amide bonds. The third-order valence-electron chi connectivity index (χ3n) is 5.16. The minimum atomic E-state index is -0.576. The number of rotatable bonds is 8. The van der Waals surface area contributed by atoms with Crippen molar-refractivity contribution in [2.75, 3.05) is 13.2 Å². The second-order valence-corrected chi connectivity index (χ2v) is 8.20. The highest BCUT2D eigenvalue weighted by Crippen LogP contribution is 2.32. The van der Waals surface area contributed by atoms with Gasteiger partial charge in [0.1, 0.15) is 11.6 Å². The van der Waals surface area contributed by atoms with Gasteiger partial charge < -0.3 is 9.47 Å². The molecule has 6 nitrogen and oxygen atoms in total. The average molecular weight is 445 g/mol. The first-order valence-electron chi connectivity index (χ1n) is 11.0. The second kappa shape index (κ2) is 10.6. The first-order valence-corrected chi connectivity index (χ1v) is 11.0. The van der Waals surface area contributed by atoms with Crippen LogP contribution in [0.4, 0.5) is 0 Å². The van der Waals surface area contributed by atoms with Crippen LogP contribution >= 0.6 is 0 Å². The van der Waals surface area contributed by atoms with Gasteiger partial charge in [-0.3, -0.25) is 14.5 Å². The molecule has 0 atom stereocenters. The van der Waals surface area contributed by atoms with Gasteiger partial charge in [0.25, 0.3) is 11.8 Å². The lowest BCUT2D eigenvalue weighted by Crippen LogP contribution is -2.42. The van der Waals surface area contributed by atoms with E-state index >= 15 is 0 Å². The van der Waals surface area contributed by atoms with Crippen molar-refractivity contribution < 1.29 is 19.1 Å². The molecule has 33 heavy (non-hydrogen) atoms. The summed E-state index contributed by atoms with van der Waals surface area (Å²) in [7, 11) is 0. The zero-order valence-electron chi connectivity index (χ0n) is 19.4. The van der Waals surface area contributed by atoms with E-state index in [1.807, 2.05) is 55.5 Å². The summed E-state index contributed by atoms with van der Waals surface area (Å²) in [5, 5.41) is 9.61. The number of amides is 2. The zero-order valence-corrected chi connectivity index (χ0v) is 19.4. The average Bonchev–Trinajstić information content (AvgIpc) is 2.80. The molecular formula is C27H28N2O4. The fourth-order valence-electron chi connectivity index (χ4n) is 3.46. The van der Waals surface area contributed by atoms with Gasteiger partial charge in [0.2, 0.25) is 0 Å². The standard InChI is InChI=1S/C27H28N2O4/c1-5-32-25-14-21(11-12-24(25)33-17-18(2)3)13-22-19(4)23(15-28)27(31)29(26(22)30)16-20-9-7-6-8-10-20/h6-14,18H,5,16-17H2,1-4H3/b22-13+. The summed E-state index contributed by atoms with van der Waals surface area (Å²) in [4.78, 5) is 27.3. The number of hydrogen-bond acceptors (Lipinski definition) is 5. The van der Waals surface area contributed by atoms with E-state index in [1.165, 1.54) is 0 Å². The van der Waals surface area contributed by atoms with Crippen LogP contribution < -0.4 is 9.47 Å². The third kappa shape index (κ3) is 5.50. The number of ether oxygens (including phenoxy) is 2. The second-order valence-electron chi connectivity index (χ2n) is 8.20. The summed E-state index contributed by atoms with van der Waals surface area (Å²) in [6, 6.07) is 16.6. The van der Waals surface area contributed by atoms with Crippen LogP contribution in [-0.4, -0.2) is 29.9 Å². The van der Waals surface area contributed by atoms with E-state index in [1.54, 1.807) is 19.1 Å². The Morgan fingerprint density at radius 2 is 1.76 bits per heavy atom. The van der Waals surface area contributed by atoms with Gasteiger partial charge >= 0.3 is 0 Å². The van der Waals surface area contributed by atoms with E-state index in [0.29, 0.717) is 47.3 Å². The number of imide groups is 1. The monoisotopic (exact) mass is 444 g/mol. The van der Waals surface area contributed by atoms with Crippen molar-refractivity contribution in [2.24, 2.45) is 5.92 Å². The number of nitriles is 1. The molecule has 2 aromatic carbocycles. The van der Waals surface area contributed by atoms with E-state index in [4.69, 9.17) is 9.47 Å². The Kier molecular flexibility index (Phi) is 7.68. The number of carbonyl (C=O) groups is 2. The summed E-state index contributed by atoms with van der Waals surface area (Å²) in [6.45, 7) is 8.78. The quantitative estimate of drug-likeness (QED) is 0.427. The Hall–Kier alpha value is -3.85. The van der Waals surface area contributed by atoms with E-state index in [9.17, 15) is 14.9 Å².